The highest BCUT2D eigenvalue weighted by atomic mass is 127. The first-order valence-corrected chi connectivity index (χ1v) is 6.34. The summed E-state index contributed by atoms with van der Waals surface area (Å²) in [6.07, 6.45) is 1.78. The van der Waals surface area contributed by atoms with Crippen molar-refractivity contribution in [2.24, 2.45) is 4.99 Å². The smallest absolute Gasteiger partial charge is 0.194 e. The second-order valence-corrected chi connectivity index (χ2v) is 4.90. The fourth-order valence-corrected chi connectivity index (χ4v) is 2.32. The first-order valence-electron chi connectivity index (χ1n) is 6.34. The third-order valence-corrected chi connectivity index (χ3v) is 3.44. The van der Waals surface area contributed by atoms with E-state index in [-0.39, 0.29) is 35.9 Å². The summed E-state index contributed by atoms with van der Waals surface area (Å²) in [7, 11) is 0. The molecule has 0 aromatic heterocycles. The molecule has 0 saturated heterocycles. The van der Waals surface area contributed by atoms with Gasteiger partial charge in [-0.25, -0.2) is 13.2 Å². The number of rotatable bonds is 2. The topological polar surface area (TPSA) is 36.4 Å². The summed E-state index contributed by atoms with van der Waals surface area (Å²) in [6, 6.07) is 2.25. The van der Waals surface area contributed by atoms with Crippen molar-refractivity contribution in [1.82, 2.24) is 10.6 Å². The van der Waals surface area contributed by atoms with Crippen molar-refractivity contribution in [3.63, 3.8) is 0 Å². The summed E-state index contributed by atoms with van der Waals surface area (Å²) in [5.74, 6) is -2.92. The van der Waals surface area contributed by atoms with Crippen molar-refractivity contribution >= 4 is 29.9 Å². The van der Waals surface area contributed by atoms with Crippen molar-refractivity contribution in [3.8, 4) is 0 Å². The van der Waals surface area contributed by atoms with Crippen molar-refractivity contribution in [2.75, 3.05) is 13.1 Å². The lowest BCUT2D eigenvalue weighted by molar-refractivity contribution is 0.445. The molecule has 1 aromatic rings. The summed E-state index contributed by atoms with van der Waals surface area (Å²) >= 11 is 0. The van der Waals surface area contributed by atoms with Crippen LogP contribution in [0.1, 0.15) is 24.3 Å². The average Bonchev–Trinajstić information content (AvgIpc) is 3.16. The Morgan fingerprint density at radius 1 is 1.20 bits per heavy atom. The summed E-state index contributed by atoms with van der Waals surface area (Å²) < 4.78 is 39.2. The van der Waals surface area contributed by atoms with Gasteiger partial charge in [-0.2, -0.15) is 0 Å². The van der Waals surface area contributed by atoms with Gasteiger partial charge in [0.2, 0.25) is 0 Å². The van der Waals surface area contributed by atoms with Gasteiger partial charge in [0, 0.05) is 25.0 Å². The van der Waals surface area contributed by atoms with E-state index in [1.165, 1.54) is 0 Å². The number of hydrogen-bond donors (Lipinski definition) is 2. The van der Waals surface area contributed by atoms with Crippen LogP contribution in [0.3, 0.4) is 0 Å². The van der Waals surface area contributed by atoms with Crippen LogP contribution >= 0.6 is 24.0 Å². The highest BCUT2D eigenvalue weighted by Crippen LogP contribution is 2.41. The van der Waals surface area contributed by atoms with Gasteiger partial charge in [0.25, 0.3) is 0 Å². The summed E-state index contributed by atoms with van der Waals surface area (Å²) in [5, 5.41) is 6.32. The van der Waals surface area contributed by atoms with E-state index in [1.807, 2.05) is 0 Å². The molecule has 0 radical (unpaired) electrons. The van der Waals surface area contributed by atoms with Gasteiger partial charge in [0.1, 0.15) is 0 Å². The first-order chi connectivity index (χ1) is 9.15. The van der Waals surface area contributed by atoms with Crippen LogP contribution in [0.5, 0.6) is 0 Å². The molecule has 2 aliphatic rings. The second kappa shape index (κ2) is 6.19. The molecule has 20 heavy (non-hydrogen) atoms. The number of aliphatic imine (C=N–C) groups is 1. The fraction of sp³-hybridized carbons (Fsp3) is 0.462. The number of guanidine groups is 1. The lowest BCUT2D eigenvalue weighted by Gasteiger charge is -2.16. The van der Waals surface area contributed by atoms with E-state index < -0.39 is 17.5 Å². The van der Waals surface area contributed by atoms with E-state index >= 15 is 0 Å². The predicted octanol–water partition coefficient (Wildman–Crippen LogP) is 2.52. The second-order valence-electron chi connectivity index (χ2n) is 4.90. The Hall–Kier alpha value is -0.990. The Labute approximate surface area is 132 Å². The maximum Gasteiger partial charge on any atom is 0.194 e. The summed E-state index contributed by atoms with van der Waals surface area (Å²) in [6.45, 7) is 1.66. The molecular weight excluding hydrogens is 382 g/mol. The molecule has 110 valence electrons. The van der Waals surface area contributed by atoms with Crippen LogP contribution in [-0.2, 0) is 0 Å². The zero-order valence-corrected chi connectivity index (χ0v) is 13.0. The minimum atomic E-state index is -1.41. The van der Waals surface area contributed by atoms with Gasteiger partial charge in [-0.15, -0.1) is 24.0 Å². The number of halogens is 4. The molecule has 1 saturated carbocycles. The lowest BCUT2D eigenvalue weighted by Crippen LogP contribution is -2.42. The SMILES string of the molecule is Fc1cc([C@@H]2C[C@H]2NC2=NCCCN2)cc(F)c1F.I. The molecule has 0 unspecified atom stereocenters. The van der Waals surface area contributed by atoms with Crippen molar-refractivity contribution in [2.45, 2.75) is 24.8 Å². The molecule has 3 nitrogen and oxygen atoms in total. The van der Waals surface area contributed by atoms with Crippen LogP contribution < -0.4 is 10.6 Å². The van der Waals surface area contributed by atoms with Gasteiger partial charge in [0.05, 0.1) is 0 Å². The molecule has 0 bridgehead atoms. The number of hydrogen-bond acceptors (Lipinski definition) is 3. The van der Waals surface area contributed by atoms with Gasteiger partial charge < -0.3 is 10.6 Å². The maximum atomic E-state index is 13.1. The Morgan fingerprint density at radius 2 is 1.90 bits per heavy atom. The van der Waals surface area contributed by atoms with Crippen molar-refractivity contribution in [1.29, 1.82) is 0 Å². The standard InChI is InChI=1S/C13H14F3N3.HI/c14-9-4-7(5-10(15)12(9)16)8-6-11(8)19-13-17-2-1-3-18-13;/h4-5,8,11H,1-3,6H2,(H2,17,18,19);1H/t8-,11+;/m0./s1. The van der Waals surface area contributed by atoms with Crippen LogP contribution in [0.15, 0.2) is 17.1 Å². The first kappa shape index (κ1) is 15.4. The minimum Gasteiger partial charge on any atom is -0.356 e. The predicted molar refractivity (Wildman–Crippen MR) is 80.9 cm³/mol. The monoisotopic (exact) mass is 397 g/mol. The zero-order valence-electron chi connectivity index (χ0n) is 10.6. The molecule has 1 heterocycles. The molecule has 1 aliphatic heterocycles. The van der Waals surface area contributed by atoms with Crippen molar-refractivity contribution in [3.05, 3.63) is 35.1 Å². The fourth-order valence-electron chi connectivity index (χ4n) is 2.32. The normalized spacial score (nSPS) is 24.2. The van der Waals surface area contributed by atoms with Gasteiger partial charge in [0.15, 0.2) is 23.4 Å². The van der Waals surface area contributed by atoms with Crippen LogP contribution in [0, 0.1) is 17.5 Å². The Morgan fingerprint density at radius 3 is 2.50 bits per heavy atom. The van der Waals surface area contributed by atoms with Crippen LogP contribution in [0.25, 0.3) is 0 Å². The van der Waals surface area contributed by atoms with E-state index in [0.29, 0.717) is 5.56 Å². The maximum absolute atomic E-state index is 13.1. The Bertz CT molecular complexity index is 513. The molecule has 2 N–H and O–H groups in total. The van der Waals surface area contributed by atoms with Gasteiger partial charge in [-0.05, 0) is 30.5 Å². The molecule has 0 amide bonds. The quantitative estimate of drug-likeness (QED) is 0.595. The van der Waals surface area contributed by atoms with E-state index in [1.54, 1.807) is 0 Å². The molecule has 3 rings (SSSR count). The highest BCUT2D eigenvalue weighted by Gasteiger charge is 2.40. The van der Waals surface area contributed by atoms with Crippen molar-refractivity contribution < 1.29 is 13.2 Å². The molecule has 1 aliphatic carbocycles. The van der Waals surface area contributed by atoms with E-state index in [4.69, 9.17) is 0 Å². The van der Waals surface area contributed by atoms with E-state index in [9.17, 15) is 13.2 Å². The zero-order chi connectivity index (χ0) is 13.4. The Balaban J connectivity index is 0.00000147. The number of benzene rings is 1. The van der Waals surface area contributed by atoms with Gasteiger partial charge >= 0.3 is 0 Å². The van der Waals surface area contributed by atoms with Crippen LogP contribution in [0.2, 0.25) is 0 Å². The molecule has 0 spiro atoms. The minimum absolute atomic E-state index is 0. The molecular formula is C13H15F3IN3. The van der Waals surface area contributed by atoms with E-state index in [0.717, 1.165) is 44.0 Å². The molecule has 2 atom stereocenters. The molecule has 1 fully saturated rings. The molecule has 1 aromatic carbocycles. The largest absolute Gasteiger partial charge is 0.356 e. The molecule has 7 heteroatoms. The van der Waals surface area contributed by atoms with Crippen LogP contribution in [0.4, 0.5) is 13.2 Å². The highest BCUT2D eigenvalue weighted by molar-refractivity contribution is 14.0. The Kier molecular flexibility index (Phi) is 4.77. The average molecular weight is 397 g/mol. The van der Waals surface area contributed by atoms with Gasteiger partial charge in [-0.1, -0.05) is 0 Å². The van der Waals surface area contributed by atoms with Crippen LogP contribution in [-0.4, -0.2) is 25.1 Å². The third kappa shape index (κ3) is 3.18. The summed E-state index contributed by atoms with van der Waals surface area (Å²) in [4.78, 5) is 4.27. The summed E-state index contributed by atoms with van der Waals surface area (Å²) in [5.41, 5.74) is 0.491. The number of nitrogens with one attached hydrogen (secondary N) is 2. The third-order valence-electron chi connectivity index (χ3n) is 3.44. The van der Waals surface area contributed by atoms with Gasteiger partial charge in [-0.3, -0.25) is 4.99 Å². The number of nitrogens with zero attached hydrogens (tertiary/aromatic N) is 1. The van der Waals surface area contributed by atoms with E-state index in [2.05, 4.69) is 15.6 Å². The lowest BCUT2D eigenvalue weighted by atomic mass is 10.1.